The van der Waals surface area contributed by atoms with E-state index in [1.54, 1.807) is 13.8 Å². The summed E-state index contributed by atoms with van der Waals surface area (Å²) in [6.45, 7) is 6.65. The molecule has 27 nitrogen and oxygen atoms in total. The Kier molecular flexibility index (Phi) is 26.4. The predicted molar refractivity (Wildman–Crippen MR) is 242 cm³/mol. The predicted octanol–water partition coefficient (Wildman–Crippen LogP) is -4.32. The lowest BCUT2D eigenvalue weighted by atomic mass is 10.0. The van der Waals surface area contributed by atoms with Gasteiger partial charge in [-0.2, -0.15) is 0 Å². The van der Waals surface area contributed by atoms with Crippen molar-refractivity contribution in [2.75, 3.05) is 20.3 Å². The highest BCUT2D eigenvalue weighted by molar-refractivity contribution is 5.99. The number of carboxylic acid groups (broad SMARTS) is 2. The molecular weight excluding hydrogens is 929 g/mol. The molecule has 0 spiro atoms. The Morgan fingerprint density at radius 2 is 1.20 bits per heavy atom. The average Bonchev–Trinajstić information content (AvgIpc) is 3.77. The van der Waals surface area contributed by atoms with Crippen LogP contribution in [0.4, 0.5) is 0 Å². The molecule has 1 aliphatic rings. The highest BCUT2D eigenvalue weighted by atomic mass is 16.5. The fourth-order valence-corrected chi connectivity index (χ4v) is 7.04. The number of aliphatic hydroxyl groups excluding tert-OH is 1. The molecule has 1 saturated heterocycles. The molecule has 0 radical (unpaired) electrons. The van der Waals surface area contributed by atoms with Gasteiger partial charge in [-0.1, -0.05) is 33.8 Å². The van der Waals surface area contributed by atoms with E-state index in [0.717, 1.165) is 25.0 Å². The molecule has 70 heavy (non-hydrogen) atoms. The van der Waals surface area contributed by atoms with Gasteiger partial charge in [-0.25, -0.2) is 9.59 Å². The van der Waals surface area contributed by atoms with Crippen molar-refractivity contribution in [3.63, 3.8) is 0 Å². The van der Waals surface area contributed by atoms with Gasteiger partial charge in [-0.3, -0.25) is 52.7 Å². The maximum Gasteiger partial charge on any atom is 0.330 e. The number of hydrogen-bond acceptors (Lipinski definition) is 15. The van der Waals surface area contributed by atoms with E-state index in [2.05, 4.69) is 42.0 Å². The number of carbonyl (C=O) groups is 13. The zero-order valence-corrected chi connectivity index (χ0v) is 40.1. The van der Waals surface area contributed by atoms with Crippen LogP contribution in [0.5, 0.6) is 0 Å². The summed E-state index contributed by atoms with van der Waals surface area (Å²) in [4.78, 5) is 167. The number of aliphatic hydroxyl groups is 1. The number of rotatable bonds is 31. The number of nitrogens with two attached hydrogens (primary N) is 2. The molecular formula is C43H68N10O17. The topological polar surface area (TPSA) is 431 Å². The Labute approximate surface area is 403 Å². The first-order chi connectivity index (χ1) is 32.7. The molecule has 1 rings (SSSR count). The molecule has 392 valence electrons. The van der Waals surface area contributed by atoms with Gasteiger partial charge in [0.1, 0.15) is 48.3 Å². The summed E-state index contributed by atoms with van der Waals surface area (Å²) in [6.07, 6.45) is -0.498. The van der Waals surface area contributed by atoms with Crippen LogP contribution in [0.2, 0.25) is 0 Å². The zero-order chi connectivity index (χ0) is 53.4. The molecule has 1 heterocycles. The second kappa shape index (κ2) is 30.3. The monoisotopic (exact) mass is 996 g/mol. The lowest BCUT2D eigenvalue weighted by Crippen LogP contribution is -2.61. The molecule has 10 amide bonds. The third-order valence-electron chi connectivity index (χ3n) is 10.6. The maximum absolute atomic E-state index is 13.9. The average molecular weight is 997 g/mol. The summed E-state index contributed by atoms with van der Waals surface area (Å²) in [6, 6.07) is -12.1. The summed E-state index contributed by atoms with van der Waals surface area (Å²) in [5.74, 6) is -14.0. The minimum absolute atomic E-state index is 0.0322. The second-order valence-electron chi connectivity index (χ2n) is 17.2. The van der Waals surface area contributed by atoms with Crippen molar-refractivity contribution >= 4 is 77.0 Å². The number of allylic oxidation sites excluding steroid dienone is 1. The largest absolute Gasteiger partial charge is 0.481 e. The van der Waals surface area contributed by atoms with E-state index in [1.165, 1.54) is 19.9 Å². The minimum Gasteiger partial charge on any atom is -0.481 e. The van der Waals surface area contributed by atoms with Crippen LogP contribution in [0.25, 0.3) is 0 Å². The van der Waals surface area contributed by atoms with Crippen LogP contribution in [0.15, 0.2) is 12.2 Å². The molecule has 0 aromatic rings. The van der Waals surface area contributed by atoms with Gasteiger partial charge in [0, 0.05) is 32.4 Å². The number of amides is 10. The van der Waals surface area contributed by atoms with Crippen molar-refractivity contribution in [3.05, 3.63) is 12.2 Å². The van der Waals surface area contributed by atoms with E-state index in [0.29, 0.717) is 6.42 Å². The molecule has 0 unspecified atom stereocenters. The second-order valence-corrected chi connectivity index (χ2v) is 17.2. The van der Waals surface area contributed by atoms with E-state index in [1.807, 2.05) is 0 Å². The normalized spacial score (nSPS) is 16.3. The quantitative estimate of drug-likeness (QED) is 0.0231. The van der Waals surface area contributed by atoms with Crippen molar-refractivity contribution in [2.45, 2.75) is 147 Å². The summed E-state index contributed by atoms with van der Waals surface area (Å²) >= 11 is 0. The van der Waals surface area contributed by atoms with Crippen LogP contribution in [-0.4, -0.2) is 166 Å². The third-order valence-corrected chi connectivity index (χ3v) is 10.6. The van der Waals surface area contributed by atoms with Gasteiger partial charge >= 0.3 is 17.9 Å². The van der Waals surface area contributed by atoms with Crippen molar-refractivity contribution in [3.8, 4) is 0 Å². The van der Waals surface area contributed by atoms with Gasteiger partial charge in [0.15, 0.2) is 0 Å². The van der Waals surface area contributed by atoms with Gasteiger partial charge in [-0.05, 0) is 56.8 Å². The minimum atomic E-state index is -1.77. The number of methoxy groups -OCH3 is 1. The summed E-state index contributed by atoms with van der Waals surface area (Å²) in [7, 11) is 1.11. The van der Waals surface area contributed by atoms with E-state index in [9.17, 15) is 77.6 Å². The van der Waals surface area contributed by atoms with Crippen molar-refractivity contribution in [1.82, 2.24) is 42.1 Å². The van der Waals surface area contributed by atoms with Crippen LogP contribution >= 0.6 is 0 Å². The van der Waals surface area contributed by atoms with E-state index >= 15 is 0 Å². The first kappa shape index (κ1) is 60.8. The highest BCUT2D eigenvalue weighted by Gasteiger charge is 2.40. The van der Waals surface area contributed by atoms with E-state index < -0.39 is 170 Å². The first-order valence-electron chi connectivity index (χ1n) is 22.5. The Morgan fingerprint density at radius 1 is 0.671 bits per heavy atom. The fraction of sp³-hybridized carbons (Fsp3) is 0.651. The smallest absolute Gasteiger partial charge is 0.330 e. The van der Waals surface area contributed by atoms with Gasteiger partial charge < -0.3 is 73.6 Å². The number of nitrogens with zero attached hydrogens (tertiary/aromatic N) is 1. The number of ether oxygens (including phenoxy) is 1. The Bertz CT molecular complexity index is 1940. The molecule has 0 bridgehead atoms. The number of carbonyl (C=O) groups excluding carboxylic acids is 11. The Balaban J connectivity index is 3.44. The number of nitrogens with one attached hydrogen (secondary N) is 7. The van der Waals surface area contributed by atoms with Crippen LogP contribution in [0.1, 0.15) is 98.8 Å². The van der Waals surface area contributed by atoms with Gasteiger partial charge in [0.05, 0.1) is 20.1 Å². The highest BCUT2D eigenvalue weighted by Crippen LogP contribution is 2.20. The number of carboxylic acids is 2. The van der Waals surface area contributed by atoms with Crippen molar-refractivity contribution in [2.24, 2.45) is 23.3 Å². The van der Waals surface area contributed by atoms with E-state index in [-0.39, 0.29) is 38.1 Å². The molecule has 0 aliphatic carbocycles. The van der Waals surface area contributed by atoms with E-state index in [4.69, 9.17) is 11.5 Å². The molecule has 8 atom stereocenters. The van der Waals surface area contributed by atoms with Crippen LogP contribution in [0, 0.1) is 11.8 Å². The molecule has 0 saturated carbocycles. The molecule has 1 fully saturated rings. The number of esters is 1. The van der Waals surface area contributed by atoms with Gasteiger partial charge in [0.25, 0.3) is 0 Å². The number of primary amides is 2. The van der Waals surface area contributed by atoms with Gasteiger partial charge in [-0.15, -0.1) is 0 Å². The SMILES string of the molecule is COC(=O)/C=C/CC[C@H](NC(=O)[C@H](CC(N)=O)NC(C)=O)C(=O)N[C@@H](CCC(=O)O)C(=O)N[C@@H](CCC(N)=O)C(=O)N[C@H](C(=O)N[C@@H](CO)C(=O)N1CCC[C@H]1C(=O)N[C@@H](CC(C)C)C(=O)O)C(C)C. The summed E-state index contributed by atoms with van der Waals surface area (Å²) in [5.41, 5.74) is 10.6. The van der Waals surface area contributed by atoms with Crippen LogP contribution < -0.4 is 48.7 Å². The number of aliphatic carboxylic acids is 2. The molecule has 14 N–H and O–H groups in total. The molecule has 0 aromatic carbocycles. The Morgan fingerprint density at radius 3 is 1.67 bits per heavy atom. The van der Waals surface area contributed by atoms with Crippen molar-refractivity contribution < 1.29 is 82.4 Å². The summed E-state index contributed by atoms with van der Waals surface area (Å²) in [5, 5.41) is 45.8. The molecule has 0 aromatic heterocycles. The number of likely N-dealkylation sites (tertiary alicyclic amines) is 1. The lowest BCUT2D eigenvalue weighted by molar-refractivity contribution is -0.145. The fourth-order valence-electron chi connectivity index (χ4n) is 7.04. The maximum atomic E-state index is 13.9. The lowest BCUT2D eigenvalue weighted by Gasteiger charge is -2.31. The van der Waals surface area contributed by atoms with Crippen LogP contribution in [-0.2, 0) is 67.1 Å². The zero-order valence-electron chi connectivity index (χ0n) is 40.1. The standard InChI is InChI=1S/C43H68N10O17/c1-21(2)18-28(43(68)69)50-40(65)30-11-9-17-53(30)42(67)29(20-54)51-41(66)35(22(3)4)52-38(63)25(13-15-31(44)56)48-37(62)26(14-16-33(58)59)49-36(61)24(10-7-8-12-34(60)70-6)47-39(64)27(19-32(45)57)46-23(5)55/h8,12,21-22,24-30,35,54H,7,9-11,13-20H2,1-6H3,(H2,44,56)(H2,45,57)(H,46,55)(H,47,64)(H,48,62)(H,49,61)(H,50,65)(H,51,66)(H,52,63)(H,58,59)(H,68,69)/b12-8+/t24-,25-,26-,27-,28-,29-,30-,35-/m0/s1. The van der Waals surface area contributed by atoms with Gasteiger partial charge in [0.2, 0.25) is 59.1 Å². The molecule has 1 aliphatic heterocycles. The first-order valence-corrected chi connectivity index (χ1v) is 22.5. The van der Waals surface area contributed by atoms with Crippen molar-refractivity contribution in [1.29, 1.82) is 0 Å². The summed E-state index contributed by atoms with van der Waals surface area (Å²) < 4.78 is 4.53. The molecule has 27 heteroatoms. The number of hydrogen-bond donors (Lipinski definition) is 12. The third kappa shape index (κ3) is 21.8. The Hall–Kier alpha value is -7.19. The van der Waals surface area contributed by atoms with Crippen LogP contribution in [0.3, 0.4) is 0 Å².